The smallest absolute Gasteiger partial charge is 0.123 e. The predicted molar refractivity (Wildman–Crippen MR) is 60.5 cm³/mol. The van der Waals surface area contributed by atoms with Crippen LogP contribution in [0.4, 0.5) is 10.1 Å². The fourth-order valence-electron chi connectivity index (χ4n) is 2.08. The van der Waals surface area contributed by atoms with E-state index in [2.05, 4.69) is 24.2 Å². The Balaban J connectivity index is 1.95. The molecule has 2 unspecified atom stereocenters. The molecule has 2 nitrogen and oxygen atoms in total. The number of nitrogens with one attached hydrogen (secondary N) is 1. The summed E-state index contributed by atoms with van der Waals surface area (Å²) in [5.41, 5.74) is 1.00. The first-order valence-corrected chi connectivity index (χ1v) is 5.37. The zero-order chi connectivity index (χ0) is 10.8. The van der Waals surface area contributed by atoms with Crippen LogP contribution in [0.2, 0.25) is 0 Å². The topological polar surface area (TPSA) is 15.3 Å². The van der Waals surface area contributed by atoms with Gasteiger partial charge in [-0.25, -0.2) is 4.39 Å². The molecule has 1 aromatic rings. The normalized spacial score (nSPS) is 26.9. The number of likely N-dealkylation sites (tertiary alicyclic amines) is 1. The SMILES string of the molecule is CC1CC(Nc2ccc(F)cc2)CN1C. The van der Waals surface area contributed by atoms with Gasteiger partial charge >= 0.3 is 0 Å². The number of likely N-dealkylation sites (N-methyl/N-ethyl adjacent to an activating group) is 1. The maximum atomic E-state index is 12.7. The van der Waals surface area contributed by atoms with E-state index in [1.54, 1.807) is 12.1 Å². The third-order valence-corrected chi connectivity index (χ3v) is 3.10. The summed E-state index contributed by atoms with van der Waals surface area (Å²) in [6, 6.07) is 7.67. The van der Waals surface area contributed by atoms with E-state index in [9.17, 15) is 4.39 Å². The molecule has 2 atom stereocenters. The minimum atomic E-state index is -0.183. The lowest BCUT2D eigenvalue weighted by atomic mass is 10.2. The third-order valence-electron chi connectivity index (χ3n) is 3.10. The van der Waals surface area contributed by atoms with Crippen molar-refractivity contribution in [3.8, 4) is 0 Å². The van der Waals surface area contributed by atoms with Gasteiger partial charge in [-0.2, -0.15) is 0 Å². The first kappa shape index (κ1) is 10.4. The van der Waals surface area contributed by atoms with Gasteiger partial charge in [0.25, 0.3) is 0 Å². The number of rotatable bonds is 2. The van der Waals surface area contributed by atoms with Crippen molar-refractivity contribution < 1.29 is 4.39 Å². The predicted octanol–water partition coefficient (Wildman–Crippen LogP) is 2.33. The largest absolute Gasteiger partial charge is 0.381 e. The Labute approximate surface area is 90.1 Å². The second kappa shape index (κ2) is 4.19. The van der Waals surface area contributed by atoms with Crippen molar-refractivity contribution in [3.05, 3.63) is 30.1 Å². The molecule has 15 heavy (non-hydrogen) atoms. The molecule has 0 saturated carbocycles. The van der Waals surface area contributed by atoms with Crippen LogP contribution in [0.25, 0.3) is 0 Å². The minimum absolute atomic E-state index is 0.183. The second-order valence-electron chi connectivity index (χ2n) is 4.37. The van der Waals surface area contributed by atoms with Crippen LogP contribution in [-0.4, -0.2) is 30.6 Å². The molecule has 1 N–H and O–H groups in total. The van der Waals surface area contributed by atoms with Crippen LogP contribution in [0, 0.1) is 5.82 Å². The molecule has 0 spiro atoms. The molecular formula is C12H17FN2. The van der Waals surface area contributed by atoms with Crippen molar-refractivity contribution in [1.82, 2.24) is 4.90 Å². The maximum Gasteiger partial charge on any atom is 0.123 e. The number of hydrogen-bond donors (Lipinski definition) is 1. The van der Waals surface area contributed by atoms with Gasteiger partial charge in [0.1, 0.15) is 5.82 Å². The molecule has 1 aliphatic rings. The molecule has 1 saturated heterocycles. The molecule has 1 fully saturated rings. The summed E-state index contributed by atoms with van der Waals surface area (Å²) >= 11 is 0. The van der Waals surface area contributed by atoms with Crippen LogP contribution in [0.5, 0.6) is 0 Å². The van der Waals surface area contributed by atoms with E-state index in [0.29, 0.717) is 12.1 Å². The van der Waals surface area contributed by atoms with Gasteiger partial charge in [0.05, 0.1) is 0 Å². The van der Waals surface area contributed by atoms with E-state index < -0.39 is 0 Å². The Morgan fingerprint density at radius 3 is 2.53 bits per heavy atom. The van der Waals surface area contributed by atoms with E-state index in [1.165, 1.54) is 12.1 Å². The number of anilines is 1. The molecule has 1 aliphatic heterocycles. The average molecular weight is 208 g/mol. The van der Waals surface area contributed by atoms with Gasteiger partial charge in [-0.3, -0.25) is 0 Å². The standard InChI is InChI=1S/C12H17FN2/c1-9-7-12(8-15(9)2)14-11-5-3-10(13)4-6-11/h3-6,9,12,14H,7-8H2,1-2H3. The molecule has 0 amide bonds. The highest BCUT2D eigenvalue weighted by molar-refractivity contribution is 5.44. The van der Waals surface area contributed by atoms with Crippen LogP contribution in [-0.2, 0) is 0 Å². The zero-order valence-electron chi connectivity index (χ0n) is 9.20. The van der Waals surface area contributed by atoms with Gasteiger partial charge in [0.15, 0.2) is 0 Å². The summed E-state index contributed by atoms with van der Waals surface area (Å²) in [5, 5.41) is 3.42. The van der Waals surface area contributed by atoms with Crippen LogP contribution >= 0.6 is 0 Å². The quantitative estimate of drug-likeness (QED) is 0.802. The van der Waals surface area contributed by atoms with Gasteiger partial charge in [0.2, 0.25) is 0 Å². The van der Waals surface area contributed by atoms with Crippen LogP contribution in [0.3, 0.4) is 0 Å². The number of halogens is 1. The lowest BCUT2D eigenvalue weighted by Crippen LogP contribution is -2.24. The van der Waals surface area contributed by atoms with Gasteiger partial charge in [-0.05, 0) is 44.7 Å². The summed E-state index contributed by atoms with van der Waals surface area (Å²) in [4.78, 5) is 2.33. The van der Waals surface area contributed by atoms with Crippen molar-refractivity contribution in [2.45, 2.75) is 25.4 Å². The monoisotopic (exact) mass is 208 g/mol. The van der Waals surface area contributed by atoms with Gasteiger partial charge in [-0.15, -0.1) is 0 Å². The lowest BCUT2D eigenvalue weighted by Gasteiger charge is -2.14. The first-order valence-electron chi connectivity index (χ1n) is 5.37. The Morgan fingerprint density at radius 2 is 2.00 bits per heavy atom. The van der Waals surface area contributed by atoms with Crippen molar-refractivity contribution in [3.63, 3.8) is 0 Å². The summed E-state index contributed by atoms with van der Waals surface area (Å²) in [5.74, 6) is -0.183. The molecule has 1 aromatic carbocycles. The Morgan fingerprint density at radius 1 is 1.33 bits per heavy atom. The second-order valence-corrected chi connectivity index (χ2v) is 4.37. The fraction of sp³-hybridized carbons (Fsp3) is 0.500. The molecule has 3 heteroatoms. The molecule has 82 valence electrons. The van der Waals surface area contributed by atoms with Gasteiger partial charge in [-0.1, -0.05) is 0 Å². The molecule has 0 bridgehead atoms. The first-order chi connectivity index (χ1) is 7.15. The maximum absolute atomic E-state index is 12.7. The summed E-state index contributed by atoms with van der Waals surface area (Å²) in [6.07, 6.45) is 1.15. The summed E-state index contributed by atoms with van der Waals surface area (Å²) < 4.78 is 12.7. The Hall–Kier alpha value is -1.09. The van der Waals surface area contributed by atoms with Crippen molar-refractivity contribution >= 4 is 5.69 Å². The Kier molecular flexibility index (Phi) is 2.91. The van der Waals surface area contributed by atoms with E-state index in [1.807, 2.05) is 0 Å². The highest BCUT2D eigenvalue weighted by Gasteiger charge is 2.25. The molecule has 0 aromatic heterocycles. The molecule has 2 rings (SSSR count). The fourth-order valence-corrected chi connectivity index (χ4v) is 2.08. The summed E-state index contributed by atoms with van der Waals surface area (Å²) in [6.45, 7) is 3.28. The van der Waals surface area contributed by atoms with Crippen LogP contribution in [0.15, 0.2) is 24.3 Å². The van der Waals surface area contributed by atoms with E-state index in [4.69, 9.17) is 0 Å². The number of hydrogen-bond acceptors (Lipinski definition) is 2. The number of benzene rings is 1. The number of nitrogens with zero attached hydrogens (tertiary/aromatic N) is 1. The van der Waals surface area contributed by atoms with Crippen molar-refractivity contribution in [1.29, 1.82) is 0 Å². The highest BCUT2D eigenvalue weighted by Crippen LogP contribution is 2.19. The van der Waals surface area contributed by atoms with Gasteiger partial charge < -0.3 is 10.2 Å². The van der Waals surface area contributed by atoms with E-state index in [-0.39, 0.29) is 5.82 Å². The van der Waals surface area contributed by atoms with Gasteiger partial charge in [0, 0.05) is 24.3 Å². The van der Waals surface area contributed by atoms with Crippen molar-refractivity contribution in [2.24, 2.45) is 0 Å². The summed E-state index contributed by atoms with van der Waals surface area (Å²) in [7, 11) is 2.14. The van der Waals surface area contributed by atoms with E-state index >= 15 is 0 Å². The molecule has 0 aliphatic carbocycles. The average Bonchev–Trinajstić information content (AvgIpc) is 2.50. The third kappa shape index (κ3) is 2.48. The molecular weight excluding hydrogens is 191 g/mol. The minimum Gasteiger partial charge on any atom is -0.381 e. The molecule has 0 radical (unpaired) electrons. The zero-order valence-corrected chi connectivity index (χ0v) is 9.20. The highest BCUT2D eigenvalue weighted by atomic mass is 19.1. The lowest BCUT2D eigenvalue weighted by molar-refractivity contribution is 0.330. The van der Waals surface area contributed by atoms with Crippen molar-refractivity contribution in [2.75, 3.05) is 18.9 Å². The van der Waals surface area contributed by atoms with E-state index in [0.717, 1.165) is 18.7 Å². The molecule has 1 heterocycles. The van der Waals surface area contributed by atoms with Crippen LogP contribution in [0.1, 0.15) is 13.3 Å². The van der Waals surface area contributed by atoms with Crippen LogP contribution < -0.4 is 5.32 Å². The Bertz CT molecular complexity index is 313.